The van der Waals surface area contributed by atoms with Crippen LogP contribution in [-0.4, -0.2) is 62.1 Å². The second-order valence-electron chi connectivity index (χ2n) is 13.2. The number of amides is 1. The van der Waals surface area contributed by atoms with Gasteiger partial charge < -0.3 is 24.4 Å². The van der Waals surface area contributed by atoms with Crippen LogP contribution in [0.3, 0.4) is 0 Å². The van der Waals surface area contributed by atoms with Gasteiger partial charge in [0, 0.05) is 35.3 Å². The number of anilines is 2. The van der Waals surface area contributed by atoms with E-state index in [4.69, 9.17) is 24.3 Å². The van der Waals surface area contributed by atoms with Gasteiger partial charge in [0.2, 0.25) is 5.88 Å². The van der Waals surface area contributed by atoms with Crippen molar-refractivity contribution in [3.63, 3.8) is 0 Å². The van der Waals surface area contributed by atoms with Gasteiger partial charge >= 0.3 is 6.09 Å². The van der Waals surface area contributed by atoms with Gasteiger partial charge in [-0.1, -0.05) is 18.2 Å². The Morgan fingerprint density at radius 2 is 1.89 bits per heavy atom. The maximum atomic E-state index is 12.9. The van der Waals surface area contributed by atoms with E-state index in [2.05, 4.69) is 28.5 Å². The van der Waals surface area contributed by atoms with Crippen molar-refractivity contribution < 1.29 is 19.0 Å². The largest absolute Gasteiger partial charge is 0.471 e. The number of nitrogens with zero attached hydrogens (tertiary/aromatic N) is 5. The zero-order valence-corrected chi connectivity index (χ0v) is 25.7. The van der Waals surface area contributed by atoms with Crippen molar-refractivity contribution in [3.8, 4) is 17.3 Å². The van der Waals surface area contributed by atoms with Crippen LogP contribution in [0.15, 0.2) is 60.9 Å². The molecule has 2 aromatic heterocycles. The summed E-state index contributed by atoms with van der Waals surface area (Å²) in [6, 6.07) is 16.4. The molecule has 2 unspecified atom stereocenters. The molecule has 2 aromatic carbocycles. The van der Waals surface area contributed by atoms with E-state index < -0.39 is 5.60 Å². The number of hydrogen-bond acceptors (Lipinski definition) is 8. The van der Waals surface area contributed by atoms with Gasteiger partial charge in [-0.25, -0.2) is 14.5 Å². The molecule has 7 rings (SSSR count). The zero-order valence-electron chi connectivity index (χ0n) is 25.7. The summed E-state index contributed by atoms with van der Waals surface area (Å²) in [5.74, 6) is 0.431. The summed E-state index contributed by atoms with van der Waals surface area (Å²) < 4.78 is 20.3. The minimum absolute atomic E-state index is 0.0702. The molecular weight excluding hydrogens is 556 g/mol. The lowest BCUT2D eigenvalue weighted by Gasteiger charge is -2.39. The number of piperidine rings is 1. The van der Waals surface area contributed by atoms with Crippen molar-refractivity contribution in [2.24, 2.45) is 5.41 Å². The number of likely N-dealkylation sites (tertiary alicyclic amines) is 1. The van der Waals surface area contributed by atoms with Gasteiger partial charge in [-0.15, -0.1) is 0 Å². The third-order valence-electron chi connectivity index (χ3n) is 8.81. The summed E-state index contributed by atoms with van der Waals surface area (Å²) in [4.78, 5) is 24.1. The Bertz CT molecular complexity index is 1640. The van der Waals surface area contributed by atoms with Crippen LogP contribution < -0.4 is 10.1 Å². The average Bonchev–Trinajstić information content (AvgIpc) is 3.69. The van der Waals surface area contributed by atoms with Crippen LogP contribution in [0.25, 0.3) is 22.3 Å². The second kappa shape index (κ2) is 11.4. The SMILES string of the molecule is CC(C)(C)OC(=O)N1CCC2(CC2)C(Oc2cncc(-c3nn(C4CCCCO4)c4ccc(Nc5ccccc5)cc34)n2)C1. The summed E-state index contributed by atoms with van der Waals surface area (Å²) in [6.45, 7) is 7.52. The number of carbonyl (C=O) groups excluding carboxylic acids is 1. The quantitative estimate of drug-likeness (QED) is 0.251. The molecule has 1 N–H and O–H groups in total. The molecule has 2 saturated heterocycles. The van der Waals surface area contributed by atoms with Crippen molar-refractivity contribution in [1.82, 2.24) is 24.6 Å². The first-order valence-electron chi connectivity index (χ1n) is 15.7. The third kappa shape index (κ3) is 5.95. The zero-order chi connectivity index (χ0) is 30.3. The highest BCUT2D eigenvalue weighted by atomic mass is 16.6. The van der Waals surface area contributed by atoms with E-state index in [9.17, 15) is 4.79 Å². The van der Waals surface area contributed by atoms with Gasteiger partial charge in [-0.05, 0) is 89.6 Å². The van der Waals surface area contributed by atoms with Crippen LogP contribution in [0, 0.1) is 5.41 Å². The van der Waals surface area contributed by atoms with Gasteiger partial charge in [-0.3, -0.25) is 4.98 Å². The minimum Gasteiger partial charge on any atom is -0.471 e. The van der Waals surface area contributed by atoms with Crippen LogP contribution >= 0.6 is 0 Å². The fraction of sp³-hybridized carbons (Fsp3) is 0.471. The molecular formula is C34H40N6O4. The first-order valence-corrected chi connectivity index (χ1v) is 15.7. The standard InChI is InChI=1S/C34H40N6O4/c1-33(2,3)44-32(41)39-17-16-34(14-15-34)28(22-39)43-29-21-35-20-26(37-29)31-25-19-24(36-23-9-5-4-6-10-23)12-13-27(25)40(38-31)30-11-7-8-18-42-30/h4-6,9-10,12-13,19-21,28,30,36H,7-8,11,14-18,22H2,1-3H3. The van der Waals surface area contributed by atoms with E-state index >= 15 is 0 Å². The van der Waals surface area contributed by atoms with Crippen LogP contribution in [0.2, 0.25) is 0 Å². The molecule has 2 aliphatic heterocycles. The number of benzene rings is 2. The molecule has 10 heteroatoms. The molecule has 3 aliphatic rings. The summed E-state index contributed by atoms with van der Waals surface area (Å²) in [5.41, 5.74) is 3.82. The number of ether oxygens (including phenoxy) is 3. The maximum Gasteiger partial charge on any atom is 0.410 e. The number of hydrogen-bond donors (Lipinski definition) is 1. The van der Waals surface area contributed by atoms with Crippen LogP contribution in [0.5, 0.6) is 5.88 Å². The number of nitrogens with one attached hydrogen (secondary N) is 1. The minimum atomic E-state index is -0.548. The van der Waals surface area contributed by atoms with Crippen molar-refractivity contribution in [3.05, 3.63) is 60.9 Å². The summed E-state index contributed by atoms with van der Waals surface area (Å²) in [6.07, 6.45) is 8.90. The number of para-hydroxylation sites is 1. The van der Waals surface area contributed by atoms with Gasteiger partial charge in [0.1, 0.15) is 23.1 Å². The highest BCUT2D eigenvalue weighted by molar-refractivity contribution is 5.95. The van der Waals surface area contributed by atoms with E-state index in [1.54, 1.807) is 17.3 Å². The lowest BCUT2D eigenvalue weighted by atomic mass is 9.90. The fourth-order valence-corrected chi connectivity index (χ4v) is 6.29. The lowest BCUT2D eigenvalue weighted by Crippen LogP contribution is -2.51. The highest BCUT2D eigenvalue weighted by Crippen LogP contribution is 2.55. The molecule has 3 fully saturated rings. The van der Waals surface area contributed by atoms with E-state index in [0.29, 0.717) is 24.7 Å². The first kappa shape index (κ1) is 28.6. The molecule has 230 valence electrons. The van der Waals surface area contributed by atoms with Crippen LogP contribution in [0.1, 0.15) is 65.5 Å². The fourth-order valence-electron chi connectivity index (χ4n) is 6.29. The predicted molar refractivity (Wildman–Crippen MR) is 168 cm³/mol. The summed E-state index contributed by atoms with van der Waals surface area (Å²) >= 11 is 0. The van der Waals surface area contributed by atoms with Crippen molar-refractivity contribution >= 4 is 28.4 Å². The first-order chi connectivity index (χ1) is 21.3. The van der Waals surface area contributed by atoms with Crippen molar-refractivity contribution in [2.45, 2.75) is 77.2 Å². The molecule has 0 radical (unpaired) electrons. The Balaban J connectivity index is 1.19. The van der Waals surface area contributed by atoms with Crippen LogP contribution in [-0.2, 0) is 9.47 Å². The number of fused-ring (bicyclic) bond motifs is 1. The molecule has 1 aliphatic carbocycles. The second-order valence-corrected chi connectivity index (χ2v) is 13.2. The normalized spacial score (nSPS) is 21.3. The Hall–Kier alpha value is -4.18. The Kier molecular flexibility index (Phi) is 7.40. The van der Waals surface area contributed by atoms with E-state index in [0.717, 1.165) is 73.1 Å². The van der Waals surface area contributed by atoms with Gasteiger partial charge in [0.25, 0.3) is 0 Å². The monoisotopic (exact) mass is 596 g/mol. The highest BCUT2D eigenvalue weighted by Gasteiger charge is 2.54. The summed E-state index contributed by atoms with van der Waals surface area (Å²) in [5, 5.41) is 9.52. The molecule has 1 amide bonds. The molecule has 10 nitrogen and oxygen atoms in total. The van der Waals surface area contributed by atoms with E-state index in [1.807, 2.05) is 55.8 Å². The maximum absolute atomic E-state index is 12.9. The number of carbonyl (C=O) groups is 1. The Morgan fingerprint density at radius 1 is 1.05 bits per heavy atom. The van der Waals surface area contributed by atoms with Gasteiger partial charge in [0.05, 0.1) is 24.5 Å². The van der Waals surface area contributed by atoms with Crippen molar-refractivity contribution in [1.29, 1.82) is 0 Å². The smallest absolute Gasteiger partial charge is 0.410 e. The van der Waals surface area contributed by atoms with Gasteiger partial charge in [0.15, 0.2) is 6.23 Å². The Morgan fingerprint density at radius 3 is 2.64 bits per heavy atom. The average molecular weight is 597 g/mol. The van der Waals surface area contributed by atoms with Crippen molar-refractivity contribution in [2.75, 3.05) is 25.0 Å². The Labute approximate surface area is 257 Å². The summed E-state index contributed by atoms with van der Waals surface area (Å²) in [7, 11) is 0. The number of aromatic nitrogens is 4. The topological polar surface area (TPSA) is 104 Å². The molecule has 44 heavy (non-hydrogen) atoms. The molecule has 4 aromatic rings. The van der Waals surface area contributed by atoms with Crippen LogP contribution in [0.4, 0.5) is 16.2 Å². The molecule has 1 spiro atoms. The molecule has 0 bridgehead atoms. The third-order valence-corrected chi connectivity index (χ3v) is 8.81. The van der Waals surface area contributed by atoms with E-state index in [-0.39, 0.29) is 23.8 Å². The number of rotatable bonds is 6. The predicted octanol–water partition coefficient (Wildman–Crippen LogP) is 7.10. The lowest BCUT2D eigenvalue weighted by molar-refractivity contribution is -0.0365. The molecule has 2 atom stereocenters. The van der Waals surface area contributed by atoms with Gasteiger partial charge in [-0.2, -0.15) is 5.10 Å². The van der Waals surface area contributed by atoms with E-state index in [1.165, 1.54) is 0 Å². The molecule has 4 heterocycles. The molecule has 1 saturated carbocycles.